The number of carbonyl (C=O) groups excluding carboxylic acids is 2. The first-order valence-electron chi connectivity index (χ1n) is 8.89. The van der Waals surface area contributed by atoms with Gasteiger partial charge in [-0.15, -0.1) is 0 Å². The van der Waals surface area contributed by atoms with Crippen molar-refractivity contribution in [3.63, 3.8) is 0 Å². The van der Waals surface area contributed by atoms with Crippen LogP contribution in [-0.4, -0.2) is 49.3 Å². The number of rotatable bonds is 6. The molecule has 1 aromatic rings. The van der Waals surface area contributed by atoms with Crippen molar-refractivity contribution in [3.8, 4) is 0 Å². The molecule has 27 heavy (non-hydrogen) atoms. The lowest BCUT2D eigenvalue weighted by molar-refractivity contribution is -0.123. The van der Waals surface area contributed by atoms with E-state index in [4.69, 9.17) is 0 Å². The van der Waals surface area contributed by atoms with E-state index in [2.05, 4.69) is 10.0 Å². The molecule has 0 bridgehead atoms. The van der Waals surface area contributed by atoms with Crippen molar-refractivity contribution in [1.29, 1.82) is 0 Å². The molecule has 0 aromatic heterocycles. The minimum Gasteiger partial charge on any atom is -0.350 e. The van der Waals surface area contributed by atoms with Crippen molar-refractivity contribution in [2.45, 2.75) is 64.4 Å². The van der Waals surface area contributed by atoms with Crippen molar-refractivity contribution in [2.24, 2.45) is 0 Å². The van der Waals surface area contributed by atoms with Gasteiger partial charge in [-0.05, 0) is 72.7 Å². The smallest absolute Gasteiger partial charge is 0.254 e. The van der Waals surface area contributed by atoms with Crippen LogP contribution in [0.25, 0.3) is 0 Å². The first-order chi connectivity index (χ1) is 12.1. The molecular weight excluding hydrogens is 366 g/mol. The van der Waals surface area contributed by atoms with E-state index >= 15 is 0 Å². The van der Waals surface area contributed by atoms with Crippen molar-refractivity contribution >= 4 is 21.8 Å². The molecule has 2 amide bonds. The van der Waals surface area contributed by atoms with Crippen molar-refractivity contribution in [2.75, 3.05) is 13.1 Å². The highest BCUT2D eigenvalue weighted by Gasteiger charge is 2.23. The summed E-state index contributed by atoms with van der Waals surface area (Å²) in [5.74, 6) is -0.569. The van der Waals surface area contributed by atoms with Gasteiger partial charge in [0.05, 0.1) is 11.4 Å². The Balaban J connectivity index is 2.93. The Morgan fingerprint density at radius 1 is 0.963 bits per heavy atom. The SMILES string of the molecule is CCN(CC(=O)NC(C)(C)C)C(=O)c1ccc(S(=O)(=O)NC(C)(C)C)cc1. The summed E-state index contributed by atoms with van der Waals surface area (Å²) in [6.07, 6.45) is 0. The van der Waals surface area contributed by atoms with Crippen LogP contribution in [0.3, 0.4) is 0 Å². The number of nitrogens with one attached hydrogen (secondary N) is 2. The largest absolute Gasteiger partial charge is 0.350 e. The van der Waals surface area contributed by atoms with Crippen LogP contribution in [0, 0.1) is 0 Å². The molecule has 0 unspecified atom stereocenters. The number of hydrogen-bond donors (Lipinski definition) is 2. The van der Waals surface area contributed by atoms with Crippen LogP contribution in [0.5, 0.6) is 0 Å². The molecule has 8 heteroatoms. The van der Waals surface area contributed by atoms with Crippen molar-refractivity contribution < 1.29 is 18.0 Å². The van der Waals surface area contributed by atoms with Gasteiger partial charge in [-0.25, -0.2) is 13.1 Å². The molecule has 0 aliphatic heterocycles. The van der Waals surface area contributed by atoms with Gasteiger partial charge in [-0.2, -0.15) is 0 Å². The predicted molar refractivity (Wildman–Crippen MR) is 106 cm³/mol. The Kier molecular flexibility index (Phi) is 7.18. The molecule has 1 aromatic carbocycles. The zero-order chi connectivity index (χ0) is 21.0. The van der Waals surface area contributed by atoms with E-state index in [0.29, 0.717) is 12.1 Å². The van der Waals surface area contributed by atoms with Gasteiger partial charge in [-0.3, -0.25) is 9.59 Å². The Labute approximate surface area is 162 Å². The topological polar surface area (TPSA) is 95.6 Å². The lowest BCUT2D eigenvalue weighted by Gasteiger charge is -2.25. The molecule has 0 aliphatic rings. The number of amides is 2. The zero-order valence-electron chi connectivity index (χ0n) is 17.2. The fourth-order valence-corrected chi connectivity index (χ4v) is 3.80. The number of carbonyl (C=O) groups is 2. The highest BCUT2D eigenvalue weighted by atomic mass is 32.2. The number of sulfonamides is 1. The van der Waals surface area contributed by atoms with Crippen LogP contribution in [0.1, 0.15) is 58.8 Å². The molecule has 0 radical (unpaired) electrons. The minimum atomic E-state index is -3.66. The summed E-state index contributed by atoms with van der Waals surface area (Å²) in [6.45, 7) is 13.0. The summed E-state index contributed by atoms with van der Waals surface area (Å²) in [6, 6.07) is 5.71. The first-order valence-corrected chi connectivity index (χ1v) is 10.4. The molecule has 0 fully saturated rings. The van der Waals surface area contributed by atoms with E-state index in [1.165, 1.54) is 29.2 Å². The van der Waals surface area contributed by atoms with E-state index in [1.807, 2.05) is 20.8 Å². The molecule has 0 heterocycles. The summed E-state index contributed by atoms with van der Waals surface area (Å²) < 4.78 is 27.2. The van der Waals surface area contributed by atoms with Crippen LogP contribution in [0.15, 0.2) is 29.2 Å². The van der Waals surface area contributed by atoms with Crippen LogP contribution >= 0.6 is 0 Å². The molecule has 0 atom stereocenters. The van der Waals surface area contributed by atoms with Crippen molar-refractivity contribution in [1.82, 2.24) is 14.9 Å². The van der Waals surface area contributed by atoms with Crippen LogP contribution in [0.2, 0.25) is 0 Å². The summed E-state index contributed by atoms with van der Waals surface area (Å²) in [5, 5.41) is 2.82. The summed E-state index contributed by atoms with van der Waals surface area (Å²) in [5.41, 5.74) is -0.655. The predicted octanol–water partition coefficient (Wildman–Crippen LogP) is 2.14. The van der Waals surface area contributed by atoms with Crippen LogP contribution < -0.4 is 10.0 Å². The fraction of sp³-hybridized carbons (Fsp3) is 0.579. The second kappa shape index (κ2) is 8.39. The standard InChI is InChI=1S/C19H31N3O4S/c1-8-22(13-16(23)20-18(2,3)4)17(24)14-9-11-15(12-10-14)27(25,26)21-19(5,6)7/h9-12,21H,8,13H2,1-7H3,(H,20,23). The molecule has 0 saturated carbocycles. The first kappa shape index (κ1) is 23.1. The number of benzene rings is 1. The molecule has 2 N–H and O–H groups in total. The third kappa shape index (κ3) is 7.68. The van der Waals surface area contributed by atoms with E-state index in [0.717, 1.165) is 0 Å². The summed E-state index contributed by atoms with van der Waals surface area (Å²) in [4.78, 5) is 26.2. The van der Waals surface area contributed by atoms with Crippen LogP contribution in [-0.2, 0) is 14.8 Å². The Bertz CT molecular complexity index is 773. The second-order valence-corrected chi connectivity index (χ2v) is 10.2. The van der Waals surface area contributed by atoms with Gasteiger partial charge in [0.15, 0.2) is 0 Å². The molecule has 152 valence electrons. The lowest BCUT2D eigenvalue weighted by Crippen LogP contribution is -2.47. The fourth-order valence-electron chi connectivity index (χ4n) is 2.38. The quantitative estimate of drug-likeness (QED) is 0.769. The highest BCUT2D eigenvalue weighted by molar-refractivity contribution is 7.89. The summed E-state index contributed by atoms with van der Waals surface area (Å²) in [7, 11) is -3.66. The Morgan fingerprint density at radius 2 is 1.48 bits per heavy atom. The van der Waals surface area contributed by atoms with E-state index < -0.39 is 15.6 Å². The molecule has 1 rings (SSSR count). The number of nitrogens with zero attached hydrogens (tertiary/aromatic N) is 1. The maximum Gasteiger partial charge on any atom is 0.254 e. The molecule has 7 nitrogen and oxygen atoms in total. The zero-order valence-corrected chi connectivity index (χ0v) is 18.0. The van der Waals surface area contributed by atoms with Gasteiger partial charge < -0.3 is 10.2 Å². The lowest BCUT2D eigenvalue weighted by atomic mass is 10.1. The van der Waals surface area contributed by atoms with Crippen molar-refractivity contribution in [3.05, 3.63) is 29.8 Å². The van der Waals surface area contributed by atoms with Gasteiger partial charge in [-0.1, -0.05) is 0 Å². The monoisotopic (exact) mass is 397 g/mol. The van der Waals surface area contributed by atoms with Gasteiger partial charge in [0.25, 0.3) is 5.91 Å². The van der Waals surface area contributed by atoms with Crippen LogP contribution in [0.4, 0.5) is 0 Å². The maximum atomic E-state index is 12.6. The Hall–Kier alpha value is -1.93. The molecular formula is C19H31N3O4S. The van der Waals surface area contributed by atoms with Gasteiger partial charge in [0, 0.05) is 23.2 Å². The summed E-state index contributed by atoms with van der Waals surface area (Å²) >= 11 is 0. The maximum absolute atomic E-state index is 12.6. The highest BCUT2D eigenvalue weighted by Crippen LogP contribution is 2.15. The third-order valence-electron chi connectivity index (χ3n) is 3.37. The second-order valence-electron chi connectivity index (χ2n) is 8.50. The normalized spacial score (nSPS) is 12.6. The average molecular weight is 398 g/mol. The molecule has 0 aliphatic carbocycles. The van der Waals surface area contributed by atoms with E-state index in [9.17, 15) is 18.0 Å². The van der Waals surface area contributed by atoms with Gasteiger partial charge in [0.2, 0.25) is 15.9 Å². The molecule has 0 saturated heterocycles. The third-order valence-corrected chi connectivity index (χ3v) is 5.14. The van der Waals surface area contributed by atoms with E-state index in [-0.39, 0.29) is 28.8 Å². The van der Waals surface area contributed by atoms with Gasteiger partial charge in [0.1, 0.15) is 0 Å². The minimum absolute atomic E-state index is 0.0573. The number of hydrogen-bond acceptors (Lipinski definition) is 4. The van der Waals surface area contributed by atoms with E-state index in [1.54, 1.807) is 27.7 Å². The van der Waals surface area contributed by atoms with Gasteiger partial charge >= 0.3 is 0 Å². The number of likely N-dealkylation sites (N-methyl/N-ethyl adjacent to an activating group) is 1. The average Bonchev–Trinajstić information content (AvgIpc) is 2.48. The molecule has 0 spiro atoms. The Morgan fingerprint density at radius 3 is 1.89 bits per heavy atom.